The third-order valence-corrected chi connectivity index (χ3v) is 15.0. The van der Waals surface area contributed by atoms with Crippen molar-refractivity contribution in [2.45, 2.75) is 0 Å². The van der Waals surface area contributed by atoms with Crippen molar-refractivity contribution < 1.29 is 0 Å². The first kappa shape index (κ1) is 45.7. The van der Waals surface area contributed by atoms with Gasteiger partial charge >= 0.3 is 0 Å². The van der Waals surface area contributed by atoms with Gasteiger partial charge in [0, 0.05) is 97.3 Å². The van der Waals surface area contributed by atoms with E-state index < -0.39 is 0 Å². The maximum absolute atomic E-state index is 5.58. The summed E-state index contributed by atoms with van der Waals surface area (Å²) in [5.41, 5.74) is 12.4. The van der Waals surface area contributed by atoms with Crippen molar-refractivity contribution >= 4 is 65.5 Å². The van der Waals surface area contributed by atoms with Crippen LogP contribution in [0.5, 0.6) is 0 Å². The van der Waals surface area contributed by atoms with Gasteiger partial charge in [-0.1, -0.05) is 152 Å². The van der Waals surface area contributed by atoms with Crippen LogP contribution in [0, 0.1) is 0 Å². The zero-order chi connectivity index (χ0) is 53.4. The summed E-state index contributed by atoms with van der Waals surface area (Å²) in [6, 6.07) is 74.5. The summed E-state index contributed by atoms with van der Waals surface area (Å²) < 4.78 is 6.64. The first-order valence-corrected chi connectivity index (χ1v) is 26.5. The van der Waals surface area contributed by atoms with Crippen molar-refractivity contribution in [2.75, 3.05) is 0 Å². The largest absolute Gasteiger partial charge is 0.294 e. The molecule has 0 aliphatic rings. The van der Waals surface area contributed by atoms with E-state index in [1.54, 1.807) is 24.8 Å². The van der Waals surface area contributed by atoms with E-state index >= 15 is 0 Å². The highest BCUT2D eigenvalue weighted by Gasteiger charge is 2.25. The van der Waals surface area contributed by atoms with Crippen LogP contribution >= 0.6 is 0 Å². The lowest BCUT2D eigenvalue weighted by atomic mass is 10.1. The van der Waals surface area contributed by atoms with Crippen LogP contribution in [0.4, 0.5) is 0 Å². The van der Waals surface area contributed by atoms with E-state index in [1.807, 2.05) is 103 Å². The summed E-state index contributed by atoms with van der Waals surface area (Å²) in [6.45, 7) is 0. The van der Waals surface area contributed by atoms with Gasteiger partial charge in [-0.2, -0.15) is 9.97 Å². The second kappa shape index (κ2) is 18.6. The number of aromatic nitrogens is 13. The molecule has 16 rings (SSSR count). The highest BCUT2D eigenvalue weighted by molar-refractivity contribution is 6.26. The molecule has 0 bridgehead atoms. The molecule has 0 unspecified atom stereocenters. The van der Waals surface area contributed by atoms with Crippen LogP contribution < -0.4 is 0 Å². The Balaban J connectivity index is 0.928. The van der Waals surface area contributed by atoms with Gasteiger partial charge in [0.1, 0.15) is 11.5 Å². The summed E-state index contributed by atoms with van der Waals surface area (Å²) >= 11 is 0. The van der Waals surface area contributed by atoms with E-state index in [9.17, 15) is 0 Å². The molecule has 13 nitrogen and oxygen atoms in total. The molecule has 0 spiro atoms. The Morgan fingerprint density at radius 1 is 0.284 bits per heavy atom. The van der Waals surface area contributed by atoms with Gasteiger partial charge in [-0.25, -0.2) is 39.9 Å². The molecular formula is C68H41N13. The normalized spacial score (nSPS) is 11.7. The highest BCUT2D eigenvalue weighted by Crippen LogP contribution is 2.43. The Hall–Kier alpha value is -11.4. The Bertz CT molecular complexity index is 4980. The monoisotopic (exact) mass is 1040 g/mol. The Morgan fingerprint density at radius 2 is 0.815 bits per heavy atom. The van der Waals surface area contributed by atoms with Gasteiger partial charge in [0.2, 0.25) is 5.95 Å². The summed E-state index contributed by atoms with van der Waals surface area (Å²) in [7, 11) is 0. The molecule has 16 aromatic rings. The predicted octanol–water partition coefficient (Wildman–Crippen LogP) is 14.9. The minimum atomic E-state index is 0.393. The average molecular weight is 1040 g/mol. The standard InChI is InChI=1S/C68H41N13/c1-5-18-42(19-6-1)54-37-59(75-64(74-54)45-31-33-57-53(36-45)51-28-17-35-69-67(51)79(57)48-24-11-4-12-25-48)81-55-29-15-13-26-49(55)50-32-34-58-60(61(50)81)52-27-14-16-30-56(52)80(58)68-77-65(46-38-70-62(71-39-46)43-20-7-2-8-21-43)76-66(78-68)47-40-72-63(73-41-47)44-22-9-3-10-23-44/h1-41H. The molecular weight excluding hydrogens is 999 g/mol. The highest BCUT2D eigenvalue weighted by atomic mass is 15.2. The maximum atomic E-state index is 5.58. The molecule has 81 heavy (non-hydrogen) atoms. The van der Waals surface area contributed by atoms with Gasteiger partial charge in [-0.15, -0.1) is 0 Å². The number of pyridine rings is 1. The van der Waals surface area contributed by atoms with Crippen molar-refractivity contribution in [1.29, 1.82) is 0 Å². The second-order valence-electron chi connectivity index (χ2n) is 19.7. The molecule has 13 heteroatoms. The van der Waals surface area contributed by atoms with Gasteiger partial charge in [0.25, 0.3) is 0 Å². The molecule has 0 saturated carbocycles. The van der Waals surface area contributed by atoms with Crippen LogP contribution in [0.2, 0.25) is 0 Å². The van der Waals surface area contributed by atoms with E-state index in [4.69, 9.17) is 49.8 Å². The van der Waals surface area contributed by atoms with E-state index in [0.717, 1.165) is 99.2 Å². The maximum Gasteiger partial charge on any atom is 0.238 e. The van der Waals surface area contributed by atoms with Crippen molar-refractivity contribution in [3.05, 3.63) is 249 Å². The van der Waals surface area contributed by atoms with Gasteiger partial charge in [-0.05, 0) is 60.7 Å². The molecule has 0 fully saturated rings. The van der Waals surface area contributed by atoms with Gasteiger partial charge < -0.3 is 0 Å². The number of hydrogen-bond acceptors (Lipinski definition) is 10. The smallest absolute Gasteiger partial charge is 0.238 e. The molecule has 0 N–H and O–H groups in total. The molecule has 0 saturated heterocycles. The number of rotatable bonds is 9. The first-order valence-electron chi connectivity index (χ1n) is 26.5. The fourth-order valence-corrected chi connectivity index (χ4v) is 11.3. The molecule has 0 amide bonds. The summed E-state index contributed by atoms with van der Waals surface area (Å²) in [5.74, 6) is 3.68. The van der Waals surface area contributed by atoms with E-state index in [0.29, 0.717) is 52.0 Å². The number of hydrogen-bond donors (Lipinski definition) is 0. The van der Waals surface area contributed by atoms with Crippen LogP contribution in [0.25, 0.3) is 151 Å². The van der Waals surface area contributed by atoms with Crippen molar-refractivity contribution in [3.63, 3.8) is 0 Å². The molecule has 0 aliphatic carbocycles. The van der Waals surface area contributed by atoms with E-state index in [1.165, 1.54) is 0 Å². The second-order valence-corrected chi connectivity index (χ2v) is 19.7. The third kappa shape index (κ3) is 7.63. The van der Waals surface area contributed by atoms with Crippen LogP contribution in [0.15, 0.2) is 249 Å². The van der Waals surface area contributed by atoms with Crippen molar-refractivity contribution in [3.8, 4) is 85.7 Å². The average Bonchev–Trinajstić information content (AvgIpc) is 4.28. The Labute approximate surface area is 461 Å². The Kier molecular flexibility index (Phi) is 10.5. The Morgan fingerprint density at radius 3 is 1.47 bits per heavy atom. The molecule has 8 heterocycles. The van der Waals surface area contributed by atoms with Crippen LogP contribution in [-0.4, -0.2) is 63.5 Å². The number of fused-ring (bicyclic) bond motifs is 10. The van der Waals surface area contributed by atoms with Crippen molar-refractivity contribution in [2.24, 2.45) is 0 Å². The molecule has 8 aromatic carbocycles. The lowest BCUT2D eigenvalue weighted by molar-refractivity contribution is 0.948. The lowest BCUT2D eigenvalue weighted by Crippen LogP contribution is -2.07. The molecule has 0 atom stereocenters. The minimum absolute atomic E-state index is 0.393. The quantitative estimate of drug-likeness (QED) is 0.137. The predicted molar refractivity (Wildman–Crippen MR) is 320 cm³/mol. The summed E-state index contributed by atoms with van der Waals surface area (Å²) in [5, 5.41) is 6.24. The molecule has 0 aliphatic heterocycles. The lowest BCUT2D eigenvalue weighted by Gasteiger charge is -2.13. The molecule has 378 valence electrons. The molecule has 0 radical (unpaired) electrons. The third-order valence-electron chi connectivity index (χ3n) is 15.0. The van der Waals surface area contributed by atoms with Crippen LogP contribution in [0.1, 0.15) is 0 Å². The van der Waals surface area contributed by atoms with Gasteiger partial charge in [0.15, 0.2) is 29.1 Å². The summed E-state index contributed by atoms with van der Waals surface area (Å²) in [4.78, 5) is 50.6. The van der Waals surface area contributed by atoms with E-state index in [-0.39, 0.29) is 0 Å². The van der Waals surface area contributed by atoms with Gasteiger partial charge in [0.05, 0.1) is 44.4 Å². The number of para-hydroxylation sites is 3. The SMILES string of the molecule is c1ccc(-c2cc(-n3c4ccccc4c4ccc5c(c6ccccc6n5-c5nc(-c6cnc(-c7ccccc7)nc6)nc(-c6cnc(-c7ccccc7)nc6)n5)c43)nc(-c3ccc4c(c3)c3cccnc3n4-c3ccccc3)n2)cc1. The number of benzene rings is 8. The topological polar surface area (TPSA) is 144 Å². The number of nitrogens with zero attached hydrogens (tertiary/aromatic N) is 13. The van der Waals surface area contributed by atoms with Crippen LogP contribution in [0.3, 0.4) is 0 Å². The fourth-order valence-electron chi connectivity index (χ4n) is 11.3. The van der Waals surface area contributed by atoms with E-state index in [2.05, 4.69) is 135 Å². The van der Waals surface area contributed by atoms with Gasteiger partial charge in [-0.3, -0.25) is 13.7 Å². The van der Waals surface area contributed by atoms with Crippen LogP contribution in [-0.2, 0) is 0 Å². The minimum Gasteiger partial charge on any atom is -0.294 e. The summed E-state index contributed by atoms with van der Waals surface area (Å²) in [6.07, 6.45) is 8.90. The first-order chi connectivity index (χ1) is 40.2. The molecule has 8 aromatic heterocycles. The zero-order valence-electron chi connectivity index (χ0n) is 43.0. The fraction of sp³-hybridized carbons (Fsp3) is 0. The van der Waals surface area contributed by atoms with Crippen molar-refractivity contribution in [1.82, 2.24) is 63.5 Å². The zero-order valence-corrected chi connectivity index (χ0v) is 43.0.